The zero-order valence-corrected chi connectivity index (χ0v) is 13.4. The highest BCUT2D eigenvalue weighted by molar-refractivity contribution is 5.91. The minimum absolute atomic E-state index is 0.151. The molecule has 2 heterocycles. The van der Waals surface area contributed by atoms with Gasteiger partial charge in [-0.05, 0) is 36.6 Å². The number of rotatable bonds is 3. The van der Waals surface area contributed by atoms with Crippen molar-refractivity contribution in [2.75, 3.05) is 6.54 Å². The van der Waals surface area contributed by atoms with E-state index in [0.717, 1.165) is 12.0 Å². The van der Waals surface area contributed by atoms with E-state index in [1.165, 1.54) is 5.56 Å². The van der Waals surface area contributed by atoms with Gasteiger partial charge >= 0.3 is 5.97 Å². The van der Waals surface area contributed by atoms with Gasteiger partial charge < -0.3 is 14.2 Å². The summed E-state index contributed by atoms with van der Waals surface area (Å²) in [7, 11) is 1.77. The normalized spacial score (nSPS) is 15.0. The van der Waals surface area contributed by atoms with Crippen molar-refractivity contribution in [2.45, 2.75) is 26.0 Å². The molecule has 0 saturated carbocycles. The summed E-state index contributed by atoms with van der Waals surface area (Å²) in [5, 5.41) is 0. The summed E-state index contributed by atoms with van der Waals surface area (Å²) in [6, 6.07) is 11.6. The Balaban J connectivity index is 1.64. The van der Waals surface area contributed by atoms with Gasteiger partial charge in [0.1, 0.15) is 5.69 Å². The SMILES string of the molecule is C[C@H](OC(=O)c1cccn1C)C(=O)N1CCc2ccccc2C1. The lowest BCUT2D eigenvalue weighted by atomic mass is 9.99. The van der Waals surface area contributed by atoms with Crippen LogP contribution in [0.5, 0.6) is 0 Å². The van der Waals surface area contributed by atoms with Crippen molar-refractivity contribution < 1.29 is 14.3 Å². The van der Waals surface area contributed by atoms with E-state index in [-0.39, 0.29) is 5.91 Å². The van der Waals surface area contributed by atoms with E-state index in [1.54, 1.807) is 41.8 Å². The van der Waals surface area contributed by atoms with Crippen molar-refractivity contribution >= 4 is 11.9 Å². The van der Waals surface area contributed by atoms with Gasteiger partial charge in [0.2, 0.25) is 0 Å². The fraction of sp³-hybridized carbons (Fsp3) is 0.333. The maximum Gasteiger partial charge on any atom is 0.355 e. The minimum Gasteiger partial charge on any atom is -0.448 e. The van der Waals surface area contributed by atoms with E-state index < -0.39 is 12.1 Å². The Bertz CT molecular complexity index is 735. The maximum atomic E-state index is 12.5. The second-order valence-corrected chi connectivity index (χ2v) is 5.83. The van der Waals surface area contributed by atoms with Crippen LogP contribution in [0.4, 0.5) is 0 Å². The predicted molar refractivity (Wildman–Crippen MR) is 85.9 cm³/mol. The van der Waals surface area contributed by atoms with Crippen molar-refractivity contribution in [1.29, 1.82) is 0 Å². The predicted octanol–water partition coefficient (Wildman–Crippen LogP) is 2.16. The maximum absolute atomic E-state index is 12.5. The Labute approximate surface area is 135 Å². The summed E-state index contributed by atoms with van der Waals surface area (Å²) >= 11 is 0. The molecule has 1 aromatic heterocycles. The number of amides is 1. The van der Waals surface area contributed by atoms with Gasteiger partial charge in [-0.1, -0.05) is 24.3 Å². The molecule has 0 N–H and O–H groups in total. The average Bonchev–Trinajstić information content (AvgIpc) is 2.99. The van der Waals surface area contributed by atoms with Crippen LogP contribution in [0.1, 0.15) is 28.5 Å². The molecule has 0 fully saturated rings. The topological polar surface area (TPSA) is 51.5 Å². The molecule has 0 saturated heterocycles. The van der Waals surface area contributed by atoms with Gasteiger partial charge in [0, 0.05) is 26.3 Å². The zero-order valence-electron chi connectivity index (χ0n) is 13.4. The Morgan fingerprint density at radius 2 is 1.87 bits per heavy atom. The van der Waals surface area contributed by atoms with Crippen LogP contribution in [-0.2, 0) is 29.5 Å². The first-order valence-electron chi connectivity index (χ1n) is 7.74. The van der Waals surface area contributed by atoms with Crippen molar-refractivity contribution in [3.05, 3.63) is 59.4 Å². The molecule has 0 aliphatic carbocycles. The summed E-state index contributed by atoms with van der Waals surface area (Å²) in [5.41, 5.74) is 2.88. The Morgan fingerprint density at radius 1 is 1.13 bits per heavy atom. The Hall–Kier alpha value is -2.56. The van der Waals surface area contributed by atoms with E-state index in [0.29, 0.717) is 18.8 Å². The minimum atomic E-state index is -0.789. The van der Waals surface area contributed by atoms with E-state index in [4.69, 9.17) is 4.74 Å². The fourth-order valence-corrected chi connectivity index (χ4v) is 2.89. The van der Waals surface area contributed by atoms with E-state index >= 15 is 0 Å². The van der Waals surface area contributed by atoms with Crippen molar-refractivity contribution in [1.82, 2.24) is 9.47 Å². The molecule has 0 unspecified atom stereocenters. The highest BCUT2D eigenvalue weighted by Gasteiger charge is 2.27. The summed E-state index contributed by atoms with van der Waals surface area (Å²) in [4.78, 5) is 26.4. The largest absolute Gasteiger partial charge is 0.448 e. The molecule has 0 radical (unpaired) electrons. The third-order valence-electron chi connectivity index (χ3n) is 4.23. The van der Waals surface area contributed by atoms with Crippen LogP contribution in [-0.4, -0.2) is 34.0 Å². The van der Waals surface area contributed by atoms with Gasteiger partial charge in [-0.15, -0.1) is 0 Å². The van der Waals surface area contributed by atoms with Gasteiger partial charge in [0.15, 0.2) is 6.10 Å². The second-order valence-electron chi connectivity index (χ2n) is 5.83. The number of ether oxygens (including phenoxy) is 1. The summed E-state index contributed by atoms with van der Waals surface area (Å²) < 4.78 is 7.00. The molecule has 2 aromatic rings. The molecule has 1 atom stereocenters. The summed E-state index contributed by atoms with van der Waals surface area (Å²) in [6.07, 6.45) is 1.81. The van der Waals surface area contributed by atoms with Gasteiger partial charge in [0.25, 0.3) is 5.91 Å². The standard InChI is InChI=1S/C18H20N2O3/c1-13(23-18(22)16-8-5-10-19(16)2)17(21)20-11-9-14-6-3-4-7-15(14)12-20/h3-8,10,13H,9,11-12H2,1-2H3/t13-/m0/s1. The molecule has 3 rings (SSSR count). The van der Waals surface area contributed by atoms with E-state index in [9.17, 15) is 9.59 Å². The van der Waals surface area contributed by atoms with Crippen LogP contribution in [0.25, 0.3) is 0 Å². The van der Waals surface area contributed by atoms with Gasteiger partial charge in [-0.2, -0.15) is 0 Å². The Morgan fingerprint density at radius 3 is 2.57 bits per heavy atom. The average molecular weight is 312 g/mol. The fourth-order valence-electron chi connectivity index (χ4n) is 2.89. The summed E-state index contributed by atoms with van der Waals surface area (Å²) in [6.45, 7) is 2.85. The molecular weight excluding hydrogens is 292 g/mol. The molecule has 5 heteroatoms. The number of esters is 1. The number of aryl methyl sites for hydroxylation is 1. The first-order chi connectivity index (χ1) is 11.1. The number of hydrogen-bond donors (Lipinski definition) is 0. The molecule has 0 spiro atoms. The first-order valence-corrected chi connectivity index (χ1v) is 7.74. The van der Waals surface area contributed by atoms with Crippen LogP contribution in [0.2, 0.25) is 0 Å². The number of fused-ring (bicyclic) bond motifs is 1. The molecular formula is C18H20N2O3. The van der Waals surface area contributed by atoms with E-state index in [1.807, 2.05) is 18.2 Å². The third-order valence-corrected chi connectivity index (χ3v) is 4.23. The number of carbonyl (C=O) groups excluding carboxylic acids is 2. The highest BCUT2D eigenvalue weighted by Crippen LogP contribution is 2.19. The lowest BCUT2D eigenvalue weighted by Crippen LogP contribution is -2.42. The van der Waals surface area contributed by atoms with Crippen LogP contribution in [0.15, 0.2) is 42.6 Å². The number of benzene rings is 1. The molecule has 1 aliphatic heterocycles. The molecule has 1 amide bonds. The highest BCUT2D eigenvalue weighted by atomic mass is 16.5. The summed E-state index contributed by atoms with van der Waals surface area (Å²) in [5.74, 6) is -0.627. The molecule has 0 bridgehead atoms. The molecule has 23 heavy (non-hydrogen) atoms. The number of nitrogens with zero attached hydrogens (tertiary/aromatic N) is 2. The van der Waals surface area contributed by atoms with Crippen LogP contribution in [0.3, 0.4) is 0 Å². The van der Waals surface area contributed by atoms with E-state index in [2.05, 4.69) is 6.07 Å². The number of aromatic nitrogens is 1. The molecule has 5 nitrogen and oxygen atoms in total. The van der Waals surface area contributed by atoms with Crippen LogP contribution < -0.4 is 0 Å². The lowest BCUT2D eigenvalue weighted by Gasteiger charge is -2.30. The quantitative estimate of drug-likeness (QED) is 0.816. The van der Waals surface area contributed by atoms with Gasteiger partial charge in [0.05, 0.1) is 0 Å². The first kappa shape index (κ1) is 15.3. The van der Waals surface area contributed by atoms with Gasteiger partial charge in [-0.25, -0.2) is 4.79 Å². The monoisotopic (exact) mass is 312 g/mol. The number of carbonyl (C=O) groups is 2. The molecule has 1 aliphatic rings. The van der Waals surface area contributed by atoms with Crippen molar-refractivity contribution in [3.8, 4) is 0 Å². The Kier molecular flexibility index (Phi) is 4.19. The molecule has 120 valence electrons. The smallest absolute Gasteiger partial charge is 0.355 e. The van der Waals surface area contributed by atoms with Gasteiger partial charge in [-0.3, -0.25) is 4.79 Å². The molecule has 1 aromatic carbocycles. The van der Waals surface area contributed by atoms with Crippen LogP contribution >= 0.6 is 0 Å². The third kappa shape index (κ3) is 3.13. The van der Waals surface area contributed by atoms with Crippen LogP contribution in [0, 0.1) is 0 Å². The zero-order chi connectivity index (χ0) is 16.4. The van der Waals surface area contributed by atoms with Crippen molar-refractivity contribution in [3.63, 3.8) is 0 Å². The van der Waals surface area contributed by atoms with Crippen molar-refractivity contribution in [2.24, 2.45) is 7.05 Å². The lowest BCUT2D eigenvalue weighted by molar-refractivity contribution is -0.140. The second kappa shape index (κ2) is 6.28. The number of hydrogen-bond acceptors (Lipinski definition) is 3.